The zero-order valence-electron chi connectivity index (χ0n) is 12.5. The predicted octanol–water partition coefficient (Wildman–Crippen LogP) is 1.65. The molecule has 1 aliphatic heterocycles. The highest BCUT2D eigenvalue weighted by molar-refractivity contribution is 5.99. The van der Waals surface area contributed by atoms with E-state index in [1.54, 1.807) is 4.90 Å². The second kappa shape index (κ2) is 6.18. The van der Waals surface area contributed by atoms with Crippen LogP contribution < -0.4 is 0 Å². The van der Waals surface area contributed by atoms with E-state index in [9.17, 15) is 9.59 Å². The molecule has 0 atom stereocenters. The fourth-order valence-corrected chi connectivity index (χ4v) is 2.60. The highest BCUT2D eigenvalue weighted by Gasteiger charge is 2.21. The Balaban J connectivity index is 2.05. The van der Waals surface area contributed by atoms with Gasteiger partial charge in [-0.25, -0.2) is 0 Å². The Morgan fingerprint density at radius 3 is 2.70 bits per heavy atom. The van der Waals surface area contributed by atoms with Crippen LogP contribution >= 0.6 is 0 Å². The summed E-state index contributed by atoms with van der Waals surface area (Å²) in [6.07, 6.45) is 0.919. The Hall–Kier alpha value is -1.68. The Morgan fingerprint density at radius 2 is 2.00 bits per heavy atom. The Kier molecular flexibility index (Phi) is 4.55. The monoisotopic (exact) mass is 274 g/mol. The summed E-state index contributed by atoms with van der Waals surface area (Å²) in [4.78, 5) is 27.9. The number of ketones is 1. The average Bonchev–Trinajstić information content (AvgIpc) is 2.51. The van der Waals surface area contributed by atoms with Crippen LogP contribution in [0.25, 0.3) is 0 Å². The largest absolute Gasteiger partial charge is 0.345 e. The minimum Gasteiger partial charge on any atom is -0.345 e. The lowest BCUT2D eigenvalue weighted by atomic mass is 10.0. The van der Waals surface area contributed by atoms with Crippen molar-refractivity contribution in [1.29, 1.82) is 0 Å². The molecule has 1 aliphatic rings. The molecule has 0 spiro atoms. The molecule has 1 aromatic rings. The van der Waals surface area contributed by atoms with Gasteiger partial charge in [0, 0.05) is 25.7 Å². The van der Waals surface area contributed by atoms with Gasteiger partial charge < -0.3 is 4.90 Å². The van der Waals surface area contributed by atoms with Crippen molar-refractivity contribution in [1.82, 2.24) is 9.80 Å². The van der Waals surface area contributed by atoms with Gasteiger partial charge in [-0.05, 0) is 25.8 Å². The van der Waals surface area contributed by atoms with Gasteiger partial charge in [-0.15, -0.1) is 0 Å². The zero-order valence-corrected chi connectivity index (χ0v) is 12.5. The third-order valence-corrected chi connectivity index (χ3v) is 3.80. The predicted molar refractivity (Wildman–Crippen MR) is 78.9 cm³/mol. The Morgan fingerprint density at radius 1 is 1.25 bits per heavy atom. The Bertz CT molecular complexity index is 525. The van der Waals surface area contributed by atoms with E-state index in [0.717, 1.165) is 36.2 Å². The molecule has 1 heterocycles. The number of likely N-dealkylation sites (N-methyl/N-ethyl adjacent to an activating group) is 1. The first-order valence-corrected chi connectivity index (χ1v) is 7.04. The van der Waals surface area contributed by atoms with Gasteiger partial charge in [0.05, 0.1) is 13.1 Å². The van der Waals surface area contributed by atoms with Crippen LogP contribution in [0.15, 0.2) is 18.2 Å². The summed E-state index contributed by atoms with van der Waals surface area (Å²) < 4.78 is 0. The standard InChI is InChI=1S/C16H22N2O2/c1-12-5-6-14(13(2)9-12)15(19)10-18-8-4-7-17(3)16(20)11-18/h5-6,9H,4,7-8,10-11H2,1-3H3. The summed E-state index contributed by atoms with van der Waals surface area (Å²) in [5, 5.41) is 0. The number of hydrogen-bond donors (Lipinski definition) is 0. The first kappa shape index (κ1) is 14.7. The molecule has 1 amide bonds. The molecule has 1 fully saturated rings. The average molecular weight is 274 g/mol. The third-order valence-electron chi connectivity index (χ3n) is 3.80. The van der Waals surface area contributed by atoms with Gasteiger partial charge in [0.2, 0.25) is 5.91 Å². The second-order valence-electron chi connectivity index (χ2n) is 5.62. The zero-order chi connectivity index (χ0) is 14.7. The number of carbonyl (C=O) groups excluding carboxylic acids is 2. The lowest BCUT2D eigenvalue weighted by molar-refractivity contribution is -0.129. The maximum Gasteiger partial charge on any atom is 0.236 e. The smallest absolute Gasteiger partial charge is 0.236 e. The molecule has 0 unspecified atom stereocenters. The SMILES string of the molecule is Cc1ccc(C(=O)CN2CCCN(C)C(=O)C2)c(C)c1. The summed E-state index contributed by atoms with van der Waals surface area (Å²) in [7, 11) is 1.82. The van der Waals surface area contributed by atoms with E-state index in [-0.39, 0.29) is 11.7 Å². The molecule has 0 aromatic heterocycles. The van der Waals surface area contributed by atoms with E-state index in [1.807, 2.05) is 44.0 Å². The number of carbonyl (C=O) groups is 2. The molecule has 1 saturated heterocycles. The van der Waals surface area contributed by atoms with E-state index < -0.39 is 0 Å². The molecule has 0 bridgehead atoms. The molecule has 0 aliphatic carbocycles. The molecule has 1 aromatic carbocycles. The van der Waals surface area contributed by atoms with Crippen molar-refractivity contribution in [3.05, 3.63) is 34.9 Å². The number of aryl methyl sites for hydroxylation is 2. The van der Waals surface area contributed by atoms with E-state index in [0.29, 0.717) is 13.1 Å². The third kappa shape index (κ3) is 3.45. The highest BCUT2D eigenvalue weighted by atomic mass is 16.2. The van der Waals surface area contributed by atoms with Gasteiger partial charge >= 0.3 is 0 Å². The maximum absolute atomic E-state index is 12.4. The molecule has 0 saturated carbocycles. The van der Waals surface area contributed by atoms with Crippen LogP contribution in [-0.2, 0) is 4.79 Å². The number of rotatable bonds is 3. The number of amides is 1. The number of nitrogens with zero attached hydrogens (tertiary/aromatic N) is 2. The van der Waals surface area contributed by atoms with Gasteiger partial charge in [-0.3, -0.25) is 14.5 Å². The van der Waals surface area contributed by atoms with Crippen LogP contribution in [0, 0.1) is 13.8 Å². The summed E-state index contributed by atoms with van der Waals surface area (Å²) in [5.74, 6) is 0.191. The van der Waals surface area contributed by atoms with Crippen LogP contribution in [0.3, 0.4) is 0 Å². The van der Waals surface area contributed by atoms with Gasteiger partial charge in [0.15, 0.2) is 5.78 Å². The first-order valence-electron chi connectivity index (χ1n) is 7.04. The normalized spacial score (nSPS) is 17.1. The van der Waals surface area contributed by atoms with Crippen molar-refractivity contribution < 1.29 is 9.59 Å². The van der Waals surface area contributed by atoms with Crippen LogP contribution in [0.2, 0.25) is 0 Å². The summed E-state index contributed by atoms with van der Waals surface area (Å²) in [6, 6.07) is 5.87. The van der Waals surface area contributed by atoms with Gasteiger partial charge in [-0.1, -0.05) is 23.8 Å². The van der Waals surface area contributed by atoms with Gasteiger partial charge in [-0.2, -0.15) is 0 Å². The van der Waals surface area contributed by atoms with Crippen LogP contribution in [-0.4, -0.2) is 54.7 Å². The summed E-state index contributed by atoms with van der Waals surface area (Å²) in [6.45, 7) is 6.21. The fraction of sp³-hybridized carbons (Fsp3) is 0.500. The molecular weight excluding hydrogens is 252 g/mol. The summed E-state index contributed by atoms with van der Waals surface area (Å²) >= 11 is 0. The summed E-state index contributed by atoms with van der Waals surface area (Å²) in [5.41, 5.74) is 2.93. The van der Waals surface area contributed by atoms with E-state index in [1.165, 1.54) is 0 Å². The van der Waals surface area contributed by atoms with Crippen LogP contribution in [0.1, 0.15) is 27.9 Å². The molecule has 4 heteroatoms. The number of benzene rings is 1. The van der Waals surface area contributed by atoms with Crippen molar-refractivity contribution in [2.24, 2.45) is 0 Å². The van der Waals surface area contributed by atoms with Crippen molar-refractivity contribution in [2.45, 2.75) is 20.3 Å². The van der Waals surface area contributed by atoms with Gasteiger partial charge in [0.1, 0.15) is 0 Å². The minimum absolute atomic E-state index is 0.0935. The van der Waals surface area contributed by atoms with Crippen molar-refractivity contribution in [3.8, 4) is 0 Å². The molecule has 0 N–H and O–H groups in total. The van der Waals surface area contributed by atoms with Crippen LogP contribution in [0.5, 0.6) is 0 Å². The molecule has 108 valence electrons. The molecule has 20 heavy (non-hydrogen) atoms. The lowest BCUT2D eigenvalue weighted by Gasteiger charge is -2.19. The topological polar surface area (TPSA) is 40.6 Å². The molecule has 0 radical (unpaired) electrons. The Labute approximate surface area is 120 Å². The fourth-order valence-electron chi connectivity index (χ4n) is 2.60. The van der Waals surface area contributed by atoms with E-state index in [2.05, 4.69) is 0 Å². The second-order valence-corrected chi connectivity index (χ2v) is 5.62. The number of hydrogen-bond acceptors (Lipinski definition) is 3. The van der Waals surface area contributed by atoms with Crippen molar-refractivity contribution in [2.75, 3.05) is 33.2 Å². The minimum atomic E-state index is 0.0935. The molecular formula is C16H22N2O2. The first-order chi connectivity index (χ1) is 9.47. The quantitative estimate of drug-likeness (QED) is 0.787. The highest BCUT2D eigenvalue weighted by Crippen LogP contribution is 2.12. The molecule has 4 nitrogen and oxygen atoms in total. The van der Waals surface area contributed by atoms with E-state index in [4.69, 9.17) is 0 Å². The van der Waals surface area contributed by atoms with Gasteiger partial charge in [0.25, 0.3) is 0 Å². The van der Waals surface area contributed by atoms with Crippen molar-refractivity contribution in [3.63, 3.8) is 0 Å². The molecule has 2 rings (SSSR count). The van der Waals surface area contributed by atoms with Crippen LogP contribution in [0.4, 0.5) is 0 Å². The van der Waals surface area contributed by atoms with E-state index >= 15 is 0 Å². The van der Waals surface area contributed by atoms with Crippen molar-refractivity contribution >= 4 is 11.7 Å². The lowest BCUT2D eigenvalue weighted by Crippen LogP contribution is -2.37. The maximum atomic E-state index is 12.4. The number of Topliss-reactive ketones (excluding diaryl/α,β-unsaturated/α-hetero) is 1.